The monoisotopic (exact) mass is 387 g/mol. The van der Waals surface area contributed by atoms with Crippen molar-refractivity contribution < 1.29 is 18.4 Å². The molecule has 2 amide bonds. The Bertz CT molecular complexity index is 738. The molecule has 25 heavy (non-hydrogen) atoms. The number of hydrogen-bond donors (Lipinski definition) is 3. The first-order chi connectivity index (χ1) is 11.4. The molecule has 2 heterocycles. The van der Waals surface area contributed by atoms with E-state index in [1.165, 1.54) is 11.3 Å². The molecule has 1 aromatic carbocycles. The zero-order valence-electron chi connectivity index (χ0n) is 12.9. The van der Waals surface area contributed by atoms with Crippen LogP contribution in [0.5, 0.6) is 0 Å². The Balaban J connectivity index is 0.00000225. The van der Waals surface area contributed by atoms with Gasteiger partial charge in [0, 0.05) is 17.8 Å². The molecule has 9 heteroatoms. The molecule has 0 radical (unpaired) electrons. The van der Waals surface area contributed by atoms with Crippen LogP contribution in [-0.2, 0) is 4.79 Å². The summed E-state index contributed by atoms with van der Waals surface area (Å²) in [7, 11) is 0. The normalized spacial score (nSPS) is 18.2. The van der Waals surface area contributed by atoms with Gasteiger partial charge in [0.15, 0.2) is 0 Å². The number of hydrogen-bond acceptors (Lipinski definition) is 4. The van der Waals surface area contributed by atoms with Gasteiger partial charge >= 0.3 is 0 Å². The highest BCUT2D eigenvalue weighted by molar-refractivity contribution is 7.12. The van der Waals surface area contributed by atoms with Crippen molar-refractivity contribution in [1.29, 1.82) is 0 Å². The van der Waals surface area contributed by atoms with Gasteiger partial charge in [-0.25, -0.2) is 8.78 Å². The van der Waals surface area contributed by atoms with E-state index in [0.29, 0.717) is 16.3 Å². The molecular formula is C16H16ClF2N3O2S. The summed E-state index contributed by atoms with van der Waals surface area (Å²) in [5.74, 6) is -3.56. The maximum atomic E-state index is 13.1. The predicted octanol–water partition coefficient (Wildman–Crippen LogP) is 3.36. The number of thiophene rings is 1. The second kappa shape index (κ2) is 7.90. The van der Waals surface area contributed by atoms with Crippen LogP contribution in [0.3, 0.4) is 0 Å². The maximum absolute atomic E-state index is 13.1. The van der Waals surface area contributed by atoms with Crippen LogP contribution in [-0.4, -0.2) is 30.3 Å². The van der Waals surface area contributed by atoms with E-state index < -0.39 is 30.8 Å². The number of carbonyl (C=O) groups excluding carboxylic acids is 2. The molecule has 0 aliphatic carbocycles. The first kappa shape index (κ1) is 19.3. The van der Waals surface area contributed by atoms with E-state index in [-0.39, 0.29) is 18.3 Å². The average molecular weight is 388 g/mol. The number of halogens is 3. The quantitative estimate of drug-likeness (QED) is 0.753. The van der Waals surface area contributed by atoms with Crippen molar-refractivity contribution in [2.24, 2.45) is 0 Å². The van der Waals surface area contributed by atoms with Crippen molar-refractivity contribution in [3.63, 3.8) is 0 Å². The second-order valence-corrected chi connectivity index (χ2v) is 6.44. The number of amides is 2. The van der Waals surface area contributed by atoms with E-state index in [0.717, 1.165) is 0 Å². The van der Waals surface area contributed by atoms with Gasteiger partial charge in [0.2, 0.25) is 5.91 Å². The van der Waals surface area contributed by atoms with E-state index in [2.05, 4.69) is 16.0 Å². The number of alkyl halides is 2. The molecule has 134 valence electrons. The smallest absolute Gasteiger partial charge is 0.265 e. The molecule has 1 unspecified atom stereocenters. The van der Waals surface area contributed by atoms with E-state index in [1.54, 1.807) is 36.4 Å². The van der Waals surface area contributed by atoms with Gasteiger partial charge in [-0.05, 0) is 35.7 Å². The van der Waals surface area contributed by atoms with Crippen LogP contribution in [0.25, 0.3) is 0 Å². The summed E-state index contributed by atoms with van der Waals surface area (Å²) < 4.78 is 26.2. The SMILES string of the molecule is Cl.O=C(Nc1ccc(NC(=O)C2CC(F)(F)CN2)cc1)c1cccs1. The predicted molar refractivity (Wildman–Crippen MR) is 95.9 cm³/mol. The molecule has 5 nitrogen and oxygen atoms in total. The fraction of sp³-hybridized carbons (Fsp3) is 0.250. The third-order valence-electron chi connectivity index (χ3n) is 3.58. The Morgan fingerprint density at radius 1 is 1.12 bits per heavy atom. The van der Waals surface area contributed by atoms with Crippen LogP contribution in [0.15, 0.2) is 41.8 Å². The third-order valence-corrected chi connectivity index (χ3v) is 4.45. The lowest BCUT2D eigenvalue weighted by Gasteiger charge is -2.12. The van der Waals surface area contributed by atoms with Crippen molar-refractivity contribution in [3.05, 3.63) is 46.7 Å². The Morgan fingerprint density at radius 3 is 2.28 bits per heavy atom. The van der Waals surface area contributed by atoms with Crippen molar-refractivity contribution >= 4 is 46.9 Å². The van der Waals surface area contributed by atoms with Gasteiger partial charge in [-0.15, -0.1) is 23.7 Å². The Morgan fingerprint density at radius 2 is 1.76 bits per heavy atom. The second-order valence-electron chi connectivity index (χ2n) is 5.49. The van der Waals surface area contributed by atoms with Gasteiger partial charge < -0.3 is 10.6 Å². The van der Waals surface area contributed by atoms with Crippen LogP contribution in [0.2, 0.25) is 0 Å². The molecule has 1 atom stereocenters. The molecule has 3 N–H and O–H groups in total. The zero-order valence-corrected chi connectivity index (χ0v) is 14.6. The first-order valence-corrected chi connectivity index (χ1v) is 8.18. The van der Waals surface area contributed by atoms with Crippen molar-refractivity contribution in [2.45, 2.75) is 18.4 Å². The summed E-state index contributed by atoms with van der Waals surface area (Å²) in [5.41, 5.74) is 1.06. The number of carbonyl (C=O) groups is 2. The van der Waals surface area contributed by atoms with Gasteiger partial charge in [0.25, 0.3) is 11.8 Å². The summed E-state index contributed by atoms with van der Waals surface area (Å²) in [6.07, 6.45) is -0.506. The minimum Gasteiger partial charge on any atom is -0.325 e. The molecule has 1 saturated heterocycles. The molecule has 0 saturated carbocycles. The Kier molecular flexibility index (Phi) is 6.10. The lowest BCUT2D eigenvalue weighted by molar-refractivity contribution is -0.118. The highest BCUT2D eigenvalue weighted by Crippen LogP contribution is 2.26. The highest BCUT2D eigenvalue weighted by atomic mass is 35.5. The minimum atomic E-state index is -2.85. The van der Waals surface area contributed by atoms with E-state index in [4.69, 9.17) is 0 Å². The summed E-state index contributed by atoms with van der Waals surface area (Å²) in [6, 6.07) is 9.09. The molecule has 0 spiro atoms. The number of benzene rings is 1. The van der Waals surface area contributed by atoms with Crippen LogP contribution < -0.4 is 16.0 Å². The molecular weight excluding hydrogens is 372 g/mol. The van der Waals surface area contributed by atoms with Gasteiger partial charge in [0.1, 0.15) is 0 Å². The van der Waals surface area contributed by atoms with Crippen molar-refractivity contribution in [1.82, 2.24) is 5.32 Å². The highest BCUT2D eigenvalue weighted by Gasteiger charge is 2.42. The fourth-order valence-electron chi connectivity index (χ4n) is 2.37. The van der Waals surface area contributed by atoms with Crippen LogP contribution in [0.1, 0.15) is 16.1 Å². The molecule has 1 aliphatic heterocycles. The third kappa shape index (κ3) is 4.97. The maximum Gasteiger partial charge on any atom is 0.265 e. The fourth-order valence-corrected chi connectivity index (χ4v) is 2.99. The lowest BCUT2D eigenvalue weighted by Crippen LogP contribution is -2.35. The molecule has 1 fully saturated rings. The van der Waals surface area contributed by atoms with Crippen LogP contribution in [0.4, 0.5) is 20.2 Å². The van der Waals surface area contributed by atoms with E-state index in [1.807, 2.05) is 5.38 Å². The van der Waals surface area contributed by atoms with Crippen LogP contribution >= 0.6 is 23.7 Å². The summed E-state index contributed by atoms with van der Waals surface area (Å²) in [5, 5.41) is 9.64. The number of nitrogens with one attached hydrogen (secondary N) is 3. The number of anilines is 2. The first-order valence-electron chi connectivity index (χ1n) is 7.30. The largest absolute Gasteiger partial charge is 0.325 e. The van der Waals surface area contributed by atoms with Crippen LogP contribution in [0, 0.1) is 0 Å². The van der Waals surface area contributed by atoms with Gasteiger partial charge in [-0.1, -0.05) is 6.07 Å². The topological polar surface area (TPSA) is 70.2 Å². The van der Waals surface area contributed by atoms with Gasteiger partial charge in [-0.3, -0.25) is 14.9 Å². The Labute approximate surface area is 153 Å². The minimum absolute atomic E-state index is 0. The van der Waals surface area contributed by atoms with Gasteiger partial charge in [-0.2, -0.15) is 0 Å². The summed E-state index contributed by atoms with van der Waals surface area (Å²) in [4.78, 5) is 24.5. The lowest BCUT2D eigenvalue weighted by atomic mass is 10.2. The standard InChI is InChI=1S/C16H15F2N3O2S.ClH/c17-16(18)8-12(19-9-16)14(22)20-10-3-5-11(6-4-10)21-15(23)13-2-1-7-24-13;/h1-7,12,19H,8-9H2,(H,20,22)(H,21,23);1H. The summed E-state index contributed by atoms with van der Waals surface area (Å²) >= 11 is 1.34. The number of rotatable bonds is 4. The molecule has 1 aromatic heterocycles. The van der Waals surface area contributed by atoms with Gasteiger partial charge in [0.05, 0.1) is 17.5 Å². The molecule has 0 bridgehead atoms. The molecule has 3 rings (SSSR count). The summed E-state index contributed by atoms with van der Waals surface area (Å²) in [6.45, 7) is -0.487. The van der Waals surface area contributed by atoms with Crippen molar-refractivity contribution in [2.75, 3.05) is 17.2 Å². The Hall–Kier alpha value is -2.03. The molecule has 1 aliphatic rings. The van der Waals surface area contributed by atoms with E-state index >= 15 is 0 Å². The molecule has 2 aromatic rings. The average Bonchev–Trinajstić information content (AvgIpc) is 3.18. The van der Waals surface area contributed by atoms with Crippen molar-refractivity contribution in [3.8, 4) is 0 Å². The zero-order chi connectivity index (χ0) is 17.2. The van der Waals surface area contributed by atoms with E-state index in [9.17, 15) is 18.4 Å².